The maximum Gasteiger partial charge on any atom is 0.270 e. The quantitative estimate of drug-likeness (QED) is 0.887. The van der Waals surface area contributed by atoms with Gasteiger partial charge < -0.3 is 5.32 Å². The monoisotopic (exact) mass is 362 g/mol. The van der Waals surface area contributed by atoms with Crippen molar-refractivity contribution in [1.29, 1.82) is 0 Å². The minimum atomic E-state index is -0.350. The summed E-state index contributed by atoms with van der Waals surface area (Å²) < 4.78 is 14.4. The molecule has 3 rings (SSSR count). The zero-order valence-electron chi connectivity index (χ0n) is 14.0. The Hall–Kier alpha value is -2.05. The first-order valence-corrected chi connectivity index (χ1v) is 8.70. The lowest BCUT2D eigenvalue weighted by Crippen LogP contribution is -2.37. The number of benzene rings is 1. The summed E-state index contributed by atoms with van der Waals surface area (Å²) in [6.07, 6.45) is 3.66. The smallest absolute Gasteiger partial charge is 0.270 e. The van der Waals surface area contributed by atoms with E-state index < -0.39 is 0 Å². The first kappa shape index (κ1) is 17.8. The molecule has 1 aromatic heterocycles. The summed E-state index contributed by atoms with van der Waals surface area (Å²) in [5.74, 6) is -0.125. The second kappa shape index (κ2) is 7.89. The van der Waals surface area contributed by atoms with Gasteiger partial charge in [-0.05, 0) is 51.1 Å². The van der Waals surface area contributed by atoms with Gasteiger partial charge in [-0.3, -0.25) is 9.69 Å². The summed E-state index contributed by atoms with van der Waals surface area (Å²) in [7, 11) is 0. The molecule has 1 aromatic carbocycles. The maximum atomic E-state index is 14.4. The average molecular weight is 363 g/mol. The third-order valence-corrected chi connectivity index (χ3v) is 4.71. The van der Waals surface area contributed by atoms with Crippen molar-refractivity contribution in [2.45, 2.75) is 25.8 Å². The lowest BCUT2D eigenvalue weighted by Gasteiger charge is -2.29. The fraction of sp³-hybridized carbons (Fsp3) is 0.389. The number of rotatable bonds is 5. The van der Waals surface area contributed by atoms with E-state index in [0.29, 0.717) is 22.1 Å². The number of hydrogen-bond acceptors (Lipinski definition) is 4. The Morgan fingerprint density at radius 1 is 1.36 bits per heavy atom. The predicted octanol–water partition coefficient (Wildman–Crippen LogP) is 3.14. The lowest BCUT2D eigenvalue weighted by molar-refractivity contribution is 0.0931. The zero-order valence-corrected chi connectivity index (χ0v) is 14.8. The molecule has 2 aromatic rings. The highest BCUT2D eigenvalue weighted by Crippen LogP contribution is 2.31. The van der Waals surface area contributed by atoms with Crippen LogP contribution in [0.25, 0.3) is 0 Å². The van der Waals surface area contributed by atoms with E-state index in [0.717, 1.165) is 25.9 Å². The van der Waals surface area contributed by atoms with Crippen LogP contribution in [-0.4, -0.2) is 40.4 Å². The van der Waals surface area contributed by atoms with Crippen LogP contribution in [0.1, 0.15) is 40.8 Å². The van der Waals surface area contributed by atoms with Crippen LogP contribution in [-0.2, 0) is 0 Å². The van der Waals surface area contributed by atoms with Crippen molar-refractivity contribution in [3.05, 3.63) is 58.4 Å². The largest absolute Gasteiger partial charge is 0.349 e. The van der Waals surface area contributed by atoms with Crippen molar-refractivity contribution >= 4 is 17.5 Å². The molecule has 25 heavy (non-hydrogen) atoms. The van der Waals surface area contributed by atoms with Crippen LogP contribution in [0.2, 0.25) is 5.02 Å². The fourth-order valence-corrected chi connectivity index (χ4v) is 3.45. The molecule has 5 nitrogen and oxygen atoms in total. The highest BCUT2D eigenvalue weighted by Gasteiger charge is 2.28. The molecule has 0 spiro atoms. The number of nitrogens with one attached hydrogen (secondary N) is 1. The number of aromatic nitrogens is 2. The second-order valence-corrected chi connectivity index (χ2v) is 6.50. The number of hydrogen-bond donors (Lipinski definition) is 1. The number of likely N-dealkylation sites (tertiary alicyclic amines) is 1. The summed E-state index contributed by atoms with van der Waals surface area (Å²) in [5, 5.41) is 3.24. The Morgan fingerprint density at radius 3 is 2.80 bits per heavy atom. The van der Waals surface area contributed by atoms with E-state index >= 15 is 0 Å². The minimum absolute atomic E-state index is 0.266. The minimum Gasteiger partial charge on any atom is -0.349 e. The summed E-state index contributed by atoms with van der Waals surface area (Å²) in [5.41, 5.74) is 0.734. The lowest BCUT2D eigenvalue weighted by atomic mass is 10.0. The second-order valence-electron chi connectivity index (χ2n) is 6.09. The van der Waals surface area contributed by atoms with Crippen molar-refractivity contribution in [2.24, 2.45) is 0 Å². The van der Waals surface area contributed by atoms with Crippen molar-refractivity contribution in [3.63, 3.8) is 0 Å². The van der Waals surface area contributed by atoms with E-state index in [-0.39, 0.29) is 24.3 Å². The molecule has 0 unspecified atom stereocenters. The van der Waals surface area contributed by atoms with Crippen LogP contribution in [0, 0.1) is 12.7 Å². The number of amides is 1. The van der Waals surface area contributed by atoms with Crippen molar-refractivity contribution in [3.8, 4) is 0 Å². The van der Waals surface area contributed by atoms with E-state index in [1.54, 1.807) is 31.3 Å². The topological polar surface area (TPSA) is 58.1 Å². The van der Waals surface area contributed by atoms with Gasteiger partial charge in [-0.1, -0.05) is 17.7 Å². The van der Waals surface area contributed by atoms with E-state index in [4.69, 9.17) is 11.6 Å². The fourth-order valence-electron chi connectivity index (χ4n) is 3.16. The highest BCUT2D eigenvalue weighted by molar-refractivity contribution is 6.31. The molecule has 0 radical (unpaired) electrons. The van der Waals surface area contributed by atoms with Gasteiger partial charge in [0.2, 0.25) is 0 Å². The van der Waals surface area contributed by atoms with E-state index in [1.807, 2.05) is 0 Å². The van der Waals surface area contributed by atoms with E-state index in [1.165, 1.54) is 6.07 Å². The maximum absolute atomic E-state index is 14.4. The molecular formula is C18H20ClFN4O. The molecule has 7 heteroatoms. The standard InChI is InChI=1S/C18H20ClFN4O/c1-12-21-8-7-15(23-12)18(25)22-11-16(24-9-2-3-10-24)17-13(19)5-4-6-14(17)20/h4-8,16H,2-3,9-11H2,1H3,(H,22,25)/t16-/m0/s1. The normalized spacial score (nSPS) is 16.0. The third-order valence-electron chi connectivity index (χ3n) is 4.38. The van der Waals surface area contributed by atoms with Gasteiger partial charge in [-0.25, -0.2) is 14.4 Å². The summed E-state index contributed by atoms with van der Waals surface area (Å²) in [4.78, 5) is 22.6. The van der Waals surface area contributed by atoms with Gasteiger partial charge in [0.15, 0.2) is 0 Å². The Morgan fingerprint density at radius 2 is 2.12 bits per heavy atom. The summed E-state index contributed by atoms with van der Waals surface area (Å²) in [6.45, 7) is 3.71. The molecule has 1 aliphatic heterocycles. The number of nitrogens with zero attached hydrogens (tertiary/aromatic N) is 3. The number of halogens is 2. The van der Waals surface area contributed by atoms with Gasteiger partial charge in [0, 0.05) is 23.3 Å². The Balaban J connectivity index is 1.80. The van der Waals surface area contributed by atoms with Crippen LogP contribution >= 0.6 is 11.6 Å². The molecule has 0 aliphatic carbocycles. The summed E-state index contributed by atoms with van der Waals surface area (Å²) in [6, 6.07) is 5.93. The van der Waals surface area contributed by atoms with Crippen LogP contribution in [0.15, 0.2) is 30.5 Å². The SMILES string of the molecule is Cc1nccc(C(=O)NC[C@@H](c2c(F)cccc2Cl)N2CCCC2)n1. The number of carbonyl (C=O) groups excluding carboxylic acids is 1. The molecule has 1 aliphatic rings. The molecular weight excluding hydrogens is 343 g/mol. The molecule has 1 atom stereocenters. The van der Waals surface area contributed by atoms with E-state index in [2.05, 4.69) is 20.2 Å². The molecule has 1 saturated heterocycles. The molecule has 0 saturated carbocycles. The predicted molar refractivity (Wildman–Crippen MR) is 94.1 cm³/mol. The average Bonchev–Trinajstić information content (AvgIpc) is 3.11. The molecule has 1 amide bonds. The van der Waals surface area contributed by atoms with Gasteiger partial charge in [-0.2, -0.15) is 0 Å². The molecule has 2 heterocycles. The first-order chi connectivity index (χ1) is 12.1. The van der Waals surface area contributed by atoms with Crippen molar-refractivity contribution < 1.29 is 9.18 Å². The van der Waals surface area contributed by atoms with Crippen LogP contribution in [0.5, 0.6) is 0 Å². The Kier molecular flexibility index (Phi) is 5.60. The molecule has 0 bridgehead atoms. The first-order valence-electron chi connectivity index (χ1n) is 8.32. The van der Waals surface area contributed by atoms with Crippen LogP contribution in [0.3, 0.4) is 0 Å². The number of carbonyl (C=O) groups is 1. The van der Waals surface area contributed by atoms with Gasteiger partial charge >= 0.3 is 0 Å². The van der Waals surface area contributed by atoms with Crippen molar-refractivity contribution in [1.82, 2.24) is 20.2 Å². The van der Waals surface area contributed by atoms with Gasteiger partial charge in [0.1, 0.15) is 17.3 Å². The van der Waals surface area contributed by atoms with Gasteiger partial charge in [0.25, 0.3) is 5.91 Å². The Labute approximate surface area is 151 Å². The zero-order chi connectivity index (χ0) is 17.8. The van der Waals surface area contributed by atoms with Gasteiger partial charge in [-0.15, -0.1) is 0 Å². The Bertz CT molecular complexity index is 744. The van der Waals surface area contributed by atoms with Crippen LogP contribution < -0.4 is 5.32 Å². The third kappa shape index (κ3) is 4.14. The highest BCUT2D eigenvalue weighted by atomic mass is 35.5. The van der Waals surface area contributed by atoms with Gasteiger partial charge in [0.05, 0.1) is 6.04 Å². The van der Waals surface area contributed by atoms with Crippen LogP contribution in [0.4, 0.5) is 4.39 Å². The molecule has 1 fully saturated rings. The molecule has 1 N–H and O–H groups in total. The molecule has 132 valence electrons. The van der Waals surface area contributed by atoms with Crippen molar-refractivity contribution in [2.75, 3.05) is 19.6 Å². The van der Waals surface area contributed by atoms with E-state index in [9.17, 15) is 9.18 Å². The number of aryl methyl sites for hydroxylation is 1. The summed E-state index contributed by atoms with van der Waals surface area (Å²) >= 11 is 6.26.